The topological polar surface area (TPSA) is 42.2 Å². The van der Waals surface area contributed by atoms with Gasteiger partial charge in [-0.25, -0.2) is 0 Å². The van der Waals surface area contributed by atoms with Crippen molar-refractivity contribution in [2.75, 3.05) is 18.0 Å². The molecular weight excluding hydrogens is 218 g/mol. The number of nitrogens with zero attached hydrogens (tertiary/aromatic N) is 2. The standard InChI is InChI=1S/C12H17N3S/c1-2-9-4-6-15(8-9)10-3-5-14-11(7-10)12(13)16/h3,5,7,9H,2,4,6,8H2,1H3,(H2,13,16). The monoisotopic (exact) mass is 235 g/mol. The summed E-state index contributed by atoms with van der Waals surface area (Å²) in [4.78, 5) is 6.91. The van der Waals surface area contributed by atoms with Crippen LogP contribution in [-0.4, -0.2) is 23.1 Å². The summed E-state index contributed by atoms with van der Waals surface area (Å²) in [6.45, 7) is 4.51. The molecule has 1 aromatic rings. The lowest BCUT2D eigenvalue weighted by Gasteiger charge is -2.18. The zero-order chi connectivity index (χ0) is 11.5. The molecule has 0 amide bonds. The van der Waals surface area contributed by atoms with Crippen LogP contribution in [0.15, 0.2) is 18.3 Å². The Balaban J connectivity index is 2.15. The summed E-state index contributed by atoms with van der Waals surface area (Å²) >= 11 is 4.94. The van der Waals surface area contributed by atoms with Gasteiger partial charge in [-0.05, 0) is 24.5 Å². The molecule has 2 rings (SSSR count). The molecule has 0 aliphatic carbocycles. The number of thiocarbonyl (C=S) groups is 1. The van der Waals surface area contributed by atoms with Gasteiger partial charge in [0.05, 0.1) is 5.69 Å². The van der Waals surface area contributed by atoms with Gasteiger partial charge in [-0.15, -0.1) is 0 Å². The lowest BCUT2D eigenvalue weighted by molar-refractivity contribution is 0.569. The van der Waals surface area contributed by atoms with Gasteiger partial charge in [-0.2, -0.15) is 0 Å². The van der Waals surface area contributed by atoms with Crippen molar-refractivity contribution < 1.29 is 0 Å². The van der Waals surface area contributed by atoms with Crippen LogP contribution in [0.4, 0.5) is 5.69 Å². The molecule has 0 aromatic carbocycles. The van der Waals surface area contributed by atoms with E-state index in [0.29, 0.717) is 10.7 Å². The van der Waals surface area contributed by atoms with Gasteiger partial charge in [0, 0.05) is 25.0 Å². The van der Waals surface area contributed by atoms with Crippen molar-refractivity contribution in [2.24, 2.45) is 11.7 Å². The largest absolute Gasteiger partial charge is 0.388 e. The molecule has 0 saturated carbocycles. The second-order valence-corrected chi connectivity index (χ2v) is 4.71. The number of nitrogens with two attached hydrogens (primary N) is 1. The molecule has 1 aromatic heterocycles. The summed E-state index contributed by atoms with van der Waals surface area (Å²) in [5, 5.41) is 0. The van der Waals surface area contributed by atoms with E-state index in [4.69, 9.17) is 18.0 Å². The minimum absolute atomic E-state index is 0.369. The third kappa shape index (κ3) is 2.32. The fourth-order valence-electron chi connectivity index (χ4n) is 2.15. The van der Waals surface area contributed by atoms with Crippen LogP contribution in [0.25, 0.3) is 0 Å². The molecule has 1 fully saturated rings. The van der Waals surface area contributed by atoms with Crippen molar-refractivity contribution in [1.82, 2.24) is 4.98 Å². The molecule has 1 saturated heterocycles. The summed E-state index contributed by atoms with van der Waals surface area (Å²) in [7, 11) is 0. The second kappa shape index (κ2) is 4.78. The molecule has 1 atom stereocenters. The quantitative estimate of drug-likeness (QED) is 0.813. The Bertz CT molecular complexity index is 392. The minimum atomic E-state index is 0.369. The van der Waals surface area contributed by atoms with Crippen molar-refractivity contribution >= 4 is 22.9 Å². The van der Waals surface area contributed by atoms with Crippen LogP contribution in [0, 0.1) is 5.92 Å². The Hall–Kier alpha value is -1.16. The second-order valence-electron chi connectivity index (χ2n) is 4.27. The van der Waals surface area contributed by atoms with Crippen molar-refractivity contribution in [3.05, 3.63) is 24.0 Å². The number of pyridine rings is 1. The van der Waals surface area contributed by atoms with Gasteiger partial charge in [-0.3, -0.25) is 4.98 Å². The molecular formula is C12H17N3S. The fourth-order valence-corrected chi connectivity index (χ4v) is 2.26. The van der Waals surface area contributed by atoms with E-state index in [-0.39, 0.29) is 0 Å². The first kappa shape index (κ1) is 11.3. The molecule has 1 unspecified atom stereocenters. The van der Waals surface area contributed by atoms with E-state index in [9.17, 15) is 0 Å². The number of anilines is 1. The molecule has 1 aliphatic heterocycles. The SMILES string of the molecule is CCC1CCN(c2ccnc(C(N)=S)c2)C1. The number of hydrogen-bond donors (Lipinski definition) is 1. The molecule has 0 bridgehead atoms. The van der Waals surface area contributed by atoms with Gasteiger partial charge >= 0.3 is 0 Å². The highest BCUT2D eigenvalue weighted by molar-refractivity contribution is 7.80. The van der Waals surface area contributed by atoms with Crippen LogP contribution in [0.2, 0.25) is 0 Å². The summed E-state index contributed by atoms with van der Waals surface area (Å²) in [6.07, 6.45) is 4.31. The van der Waals surface area contributed by atoms with Crippen LogP contribution in [0.3, 0.4) is 0 Å². The van der Waals surface area contributed by atoms with Gasteiger partial charge in [0.25, 0.3) is 0 Å². The molecule has 0 spiro atoms. The number of aromatic nitrogens is 1. The molecule has 2 N–H and O–H groups in total. The third-order valence-electron chi connectivity index (χ3n) is 3.22. The lowest BCUT2D eigenvalue weighted by Crippen LogP contribution is -2.20. The van der Waals surface area contributed by atoms with Crippen molar-refractivity contribution in [1.29, 1.82) is 0 Å². The highest BCUT2D eigenvalue weighted by atomic mass is 32.1. The van der Waals surface area contributed by atoms with Crippen LogP contribution < -0.4 is 10.6 Å². The maximum Gasteiger partial charge on any atom is 0.122 e. The smallest absolute Gasteiger partial charge is 0.122 e. The van der Waals surface area contributed by atoms with E-state index in [0.717, 1.165) is 19.0 Å². The highest BCUT2D eigenvalue weighted by Gasteiger charge is 2.21. The van der Waals surface area contributed by atoms with E-state index < -0.39 is 0 Å². The van der Waals surface area contributed by atoms with Crippen LogP contribution in [0.1, 0.15) is 25.5 Å². The van der Waals surface area contributed by atoms with Gasteiger partial charge < -0.3 is 10.6 Å². The lowest BCUT2D eigenvalue weighted by atomic mass is 10.1. The first-order valence-corrected chi connectivity index (χ1v) is 6.12. The molecule has 0 radical (unpaired) electrons. The van der Waals surface area contributed by atoms with E-state index in [1.54, 1.807) is 6.20 Å². The predicted molar refractivity (Wildman–Crippen MR) is 70.7 cm³/mol. The summed E-state index contributed by atoms with van der Waals surface area (Å²) in [5.41, 5.74) is 7.49. The Labute approximate surface area is 102 Å². The Morgan fingerprint density at radius 3 is 3.12 bits per heavy atom. The first-order valence-electron chi connectivity index (χ1n) is 5.71. The molecule has 2 heterocycles. The summed E-state index contributed by atoms with van der Waals surface area (Å²) < 4.78 is 0. The van der Waals surface area contributed by atoms with Crippen molar-refractivity contribution in [2.45, 2.75) is 19.8 Å². The van der Waals surface area contributed by atoms with E-state index in [2.05, 4.69) is 16.8 Å². The Morgan fingerprint density at radius 2 is 2.50 bits per heavy atom. The molecule has 86 valence electrons. The normalized spacial score (nSPS) is 20.1. The van der Waals surface area contributed by atoms with E-state index >= 15 is 0 Å². The van der Waals surface area contributed by atoms with Crippen LogP contribution >= 0.6 is 12.2 Å². The van der Waals surface area contributed by atoms with Crippen molar-refractivity contribution in [3.8, 4) is 0 Å². The van der Waals surface area contributed by atoms with E-state index in [1.807, 2.05) is 12.1 Å². The Kier molecular flexibility index (Phi) is 3.39. The zero-order valence-corrected chi connectivity index (χ0v) is 10.3. The van der Waals surface area contributed by atoms with Gasteiger partial charge in [0.2, 0.25) is 0 Å². The average molecular weight is 235 g/mol. The van der Waals surface area contributed by atoms with Gasteiger partial charge in [0.1, 0.15) is 4.99 Å². The maximum absolute atomic E-state index is 5.59. The van der Waals surface area contributed by atoms with Gasteiger partial charge in [-0.1, -0.05) is 25.6 Å². The number of hydrogen-bond acceptors (Lipinski definition) is 3. The molecule has 16 heavy (non-hydrogen) atoms. The van der Waals surface area contributed by atoms with E-state index in [1.165, 1.54) is 18.5 Å². The summed E-state index contributed by atoms with van der Waals surface area (Å²) in [5.74, 6) is 0.821. The first-order chi connectivity index (χ1) is 7.70. The number of rotatable bonds is 3. The van der Waals surface area contributed by atoms with Crippen LogP contribution in [0.5, 0.6) is 0 Å². The molecule has 3 nitrogen and oxygen atoms in total. The summed E-state index contributed by atoms with van der Waals surface area (Å²) in [6, 6.07) is 4.01. The fraction of sp³-hybridized carbons (Fsp3) is 0.500. The third-order valence-corrected chi connectivity index (χ3v) is 3.43. The van der Waals surface area contributed by atoms with Crippen molar-refractivity contribution in [3.63, 3.8) is 0 Å². The molecule has 4 heteroatoms. The maximum atomic E-state index is 5.59. The predicted octanol–water partition coefficient (Wildman–Crippen LogP) is 1.95. The molecule has 1 aliphatic rings. The minimum Gasteiger partial charge on any atom is -0.388 e. The Morgan fingerprint density at radius 1 is 1.69 bits per heavy atom. The van der Waals surface area contributed by atoms with Gasteiger partial charge in [0.15, 0.2) is 0 Å². The average Bonchev–Trinajstić information content (AvgIpc) is 2.77. The zero-order valence-electron chi connectivity index (χ0n) is 9.52. The van der Waals surface area contributed by atoms with Crippen LogP contribution in [-0.2, 0) is 0 Å². The highest BCUT2D eigenvalue weighted by Crippen LogP contribution is 2.25.